The van der Waals surface area contributed by atoms with Crippen LogP contribution in [0.3, 0.4) is 0 Å². The summed E-state index contributed by atoms with van der Waals surface area (Å²) in [6.45, 7) is 0. The summed E-state index contributed by atoms with van der Waals surface area (Å²) < 4.78 is 5.12. The van der Waals surface area contributed by atoms with Crippen molar-refractivity contribution in [3.8, 4) is 0 Å². The van der Waals surface area contributed by atoms with Gasteiger partial charge >= 0.3 is 0 Å². The van der Waals surface area contributed by atoms with Gasteiger partial charge in [0.2, 0.25) is 0 Å². The quantitative estimate of drug-likeness (QED) is 0.162. The molecule has 0 unspecified atom stereocenters. The van der Waals surface area contributed by atoms with E-state index < -0.39 is 3.23 Å². The first-order valence-corrected chi connectivity index (χ1v) is 11.7. The van der Waals surface area contributed by atoms with Gasteiger partial charge in [-0.15, -0.1) is 0 Å². The van der Waals surface area contributed by atoms with E-state index in [-0.39, 0.29) is 0 Å². The summed E-state index contributed by atoms with van der Waals surface area (Å²) in [6, 6.07) is 8.05. The van der Waals surface area contributed by atoms with E-state index in [1.807, 2.05) is 18.2 Å². The van der Waals surface area contributed by atoms with Crippen LogP contribution in [-0.2, 0) is 3.23 Å². The zero-order chi connectivity index (χ0) is 15.9. The molecule has 0 N–H and O–H groups in total. The van der Waals surface area contributed by atoms with Gasteiger partial charge in [-0.1, -0.05) is 66.0 Å². The first-order valence-electron chi connectivity index (χ1n) is 5.34. The fourth-order valence-corrected chi connectivity index (χ4v) is 9.04. The molecule has 8 heteroatoms. The van der Waals surface area contributed by atoms with E-state index >= 15 is 0 Å². The number of benzene rings is 2. The smallest absolute Gasteiger partial charge is 0.0619 e. The largest absolute Gasteiger partial charge is 0.133 e. The van der Waals surface area contributed by atoms with Gasteiger partial charge < -0.3 is 0 Å². The molecule has 0 atom stereocenters. The first-order chi connectivity index (χ1) is 9.69. The Morgan fingerprint density at radius 1 is 0.619 bits per heavy atom. The molecule has 2 aromatic carbocycles. The molecule has 0 heterocycles. The second-order valence-corrected chi connectivity index (χ2v) is 12.3. The lowest BCUT2D eigenvalue weighted by atomic mass is 10.0. The van der Waals surface area contributed by atoms with E-state index in [0.717, 1.165) is 38.0 Å². The van der Waals surface area contributed by atoms with Gasteiger partial charge in [0, 0.05) is 32.4 Å². The third-order valence-electron chi connectivity index (χ3n) is 2.74. The molecular weight excluding hydrogens is 795 g/mol. The molecule has 0 spiro atoms. The molecule has 0 bridgehead atoms. The lowest BCUT2D eigenvalue weighted by molar-refractivity contribution is 1.07. The van der Waals surface area contributed by atoms with Crippen molar-refractivity contribution in [3.63, 3.8) is 0 Å². The minimum absolute atomic E-state index is 0.566. The highest BCUT2D eigenvalue weighted by Gasteiger charge is 2.36. The maximum Gasteiger partial charge on any atom is 0.133 e. The van der Waals surface area contributed by atoms with Crippen molar-refractivity contribution in [1.82, 2.24) is 0 Å². The minimum atomic E-state index is -0.566. The Bertz CT molecular complexity index is 679. The molecule has 0 radical (unpaired) electrons. The number of halogens is 8. The highest BCUT2D eigenvalue weighted by atomic mass is 79.9. The van der Waals surface area contributed by atoms with Crippen LogP contribution in [0.4, 0.5) is 0 Å². The average Bonchev–Trinajstić information content (AvgIpc) is 2.43. The van der Waals surface area contributed by atoms with Crippen molar-refractivity contribution >= 4 is 127 Å². The van der Waals surface area contributed by atoms with Crippen LogP contribution in [0.2, 0.25) is 0 Å². The summed E-state index contributed by atoms with van der Waals surface area (Å²) in [6.07, 6.45) is 0. The van der Waals surface area contributed by atoms with Crippen molar-refractivity contribution in [2.45, 2.75) is 3.23 Å². The van der Waals surface area contributed by atoms with Crippen LogP contribution in [0.15, 0.2) is 51.1 Å². The molecule has 2 rings (SSSR count). The zero-order valence-corrected chi connectivity index (χ0v) is 22.5. The predicted octanol–water partition coefficient (Wildman–Crippen LogP) is 9.25. The Balaban J connectivity index is 2.80. The highest BCUT2D eigenvalue weighted by molar-refractivity contribution is 9.25. The summed E-state index contributed by atoms with van der Waals surface area (Å²) in [5, 5.41) is 0. The number of rotatable bonds is 2. The van der Waals surface area contributed by atoms with E-state index in [9.17, 15) is 0 Å². The predicted molar refractivity (Wildman–Crippen MR) is 118 cm³/mol. The Hall–Kier alpha value is 2.28. The van der Waals surface area contributed by atoms with Crippen LogP contribution >= 0.6 is 127 Å². The molecule has 0 aliphatic rings. The average molecular weight is 799 g/mol. The van der Waals surface area contributed by atoms with Crippen LogP contribution in [0.1, 0.15) is 11.1 Å². The topological polar surface area (TPSA) is 0 Å². The van der Waals surface area contributed by atoms with Crippen molar-refractivity contribution in [1.29, 1.82) is 0 Å². The first kappa shape index (κ1) is 19.6. The third kappa shape index (κ3) is 3.77. The van der Waals surface area contributed by atoms with E-state index in [2.05, 4.69) is 134 Å². The fraction of sp³-hybridized carbons (Fsp3) is 0.0769. The molecule has 0 aromatic heterocycles. The van der Waals surface area contributed by atoms with Gasteiger partial charge in [-0.25, -0.2) is 0 Å². The van der Waals surface area contributed by atoms with Crippen molar-refractivity contribution in [2.75, 3.05) is 0 Å². The van der Waals surface area contributed by atoms with Gasteiger partial charge in [-0.05, 0) is 91.3 Å². The van der Waals surface area contributed by atoms with Gasteiger partial charge in [-0.2, -0.15) is 0 Å². The number of alkyl halides is 2. The molecule has 0 aliphatic carbocycles. The number of hydrogen-bond donors (Lipinski definition) is 0. The molecule has 0 nitrogen and oxygen atoms in total. The Morgan fingerprint density at radius 2 is 1.05 bits per heavy atom. The lowest BCUT2D eigenvalue weighted by Gasteiger charge is -2.27. The molecule has 0 saturated carbocycles. The van der Waals surface area contributed by atoms with Crippen LogP contribution in [0.5, 0.6) is 0 Å². The molecule has 0 aliphatic heterocycles. The van der Waals surface area contributed by atoms with Crippen LogP contribution in [-0.4, -0.2) is 0 Å². The monoisotopic (exact) mass is 791 g/mol. The molecule has 112 valence electrons. The van der Waals surface area contributed by atoms with E-state index in [1.54, 1.807) is 0 Å². The highest BCUT2D eigenvalue weighted by Crippen LogP contribution is 2.56. The maximum absolute atomic E-state index is 3.81. The van der Waals surface area contributed by atoms with Crippen LogP contribution in [0.25, 0.3) is 0 Å². The third-order valence-corrected chi connectivity index (χ3v) is 11.2. The van der Waals surface area contributed by atoms with Crippen LogP contribution in [0, 0.1) is 0 Å². The Kier molecular flexibility index (Phi) is 7.16. The number of hydrogen-bond acceptors (Lipinski definition) is 0. The molecule has 0 saturated heterocycles. The van der Waals surface area contributed by atoms with Gasteiger partial charge in [0.1, 0.15) is 3.23 Å². The summed E-state index contributed by atoms with van der Waals surface area (Å²) in [7, 11) is 0. The standard InChI is InChI=1S/C13H4Br8/c14-6-4-2-1-3-5(6)13(20,21)7-8(15)10(17)12(19)11(18)9(7)16/h1-4H. The van der Waals surface area contributed by atoms with E-state index in [1.165, 1.54) is 0 Å². The molecule has 0 fully saturated rings. The summed E-state index contributed by atoms with van der Waals surface area (Å²) >= 11 is 29.3. The van der Waals surface area contributed by atoms with Crippen LogP contribution < -0.4 is 0 Å². The van der Waals surface area contributed by atoms with Gasteiger partial charge in [-0.3, -0.25) is 0 Å². The van der Waals surface area contributed by atoms with Gasteiger partial charge in [0.15, 0.2) is 0 Å². The van der Waals surface area contributed by atoms with E-state index in [0.29, 0.717) is 0 Å². The second-order valence-electron chi connectivity index (χ2n) is 4.00. The van der Waals surface area contributed by atoms with Crippen molar-refractivity contribution in [2.24, 2.45) is 0 Å². The molecule has 0 amide bonds. The normalized spacial score (nSPS) is 11.8. The summed E-state index contributed by atoms with van der Waals surface area (Å²) in [5.74, 6) is 0. The van der Waals surface area contributed by atoms with Gasteiger partial charge in [0.25, 0.3) is 0 Å². The SMILES string of the molecule is Brc1ccccc1C(Br)(Br)c1c(Br)c(Br)c(Br)c(Br)c1Br. The molecule has 21 heavy (non-hydrogen) atoms. The van der Waals surface area contributed by atoms with Crippen molar-refractivity contribution in [3.05, 3.63) is 62.2 Å². The van der Waals surface area contributed by atoms with E-state index in [4.69, 9.17) is 0 Å². The maximum atomic E-state index is 3.81. The zero-order valence-electron chi connectivity index (χ0n) is 9.83. The minimum Gasteiger partial charge on any atom is -0.0619 e. The summed E-state index contributed by atoms with van der Waals surface area (Å²) in [4.78, 5) is 0. The lowest BCUT2D eigenvalue weighted by Crippen LogP contribution is -2.14. The summed E-state index contributed by atoms with van der Waals surface area (Å²) in [5.41, 5.74) is 2.07. The fourth-order valence-electron chi connectivity index (χ4n) is 1.73. The molecule has 2 aromatic rings. The van der Waals surface area contributed by atoms with Crippen molar-refractivity contribution < 1.29 is 0 Å². The molecular formula is C13H4Br8. The Labute approximate surface area is 190 Å². The second kappa shape index (κ2) is 7.67. The Morgan fingerprint density at radius 3 is 1.52 bits per heavy atom. The van der Waals surface area contributed by atoms with Gasteiger partial charge in [0.05, 0.1) is 0 Å².